The number of aromatic nitrogens is 2. The third kappa shape index (κ3) is 4.69. The van der Waals surface area contributed by atoms with Gasteiger partial charge in [-0.25, -0.2) is 13.8 Å². The van der Waals surface area contributed by atoms with Crippen LogP contribution in [0.4, 0.5) is 8.78 Å². The van der Waals surface area contributed by atoms with Crippen LogP contribution < -0.4 is 5.32 Å². The molecule has 0 unspecified atom stereocenters. The van der Waals surface area contributed by atoms with Crippen molar-refractivity contribution in [1.82, 2.24) is 19.8 Å². The van der Waals surface area contributed by atoms with Crippen LogP contribution in [-0.4, -0.2) is 46.5 Å². The molecule has 1 aromatic heterocycles. The quantitative estimate of drug-likeness (QED) is 0.730. The summed E-state index contributed by atoms with van der Waals surface area (Å²) in [4.78, 5) is 19.4. The summed E-state index contributed by atoms with van der Waals surface area (Å²) in [7, 11) is 0. The maximum absolute atomic E-state index is 13.7. The Morgan fingerprint density at radius 1 is 1.25 bits per heavy atom. The number of rotatable bonds is 7. The van der Waals surface area contributed by atoms with Gasteiger partial charge in [0.1, 0.15) is 6.04 Å². The minimum absolute atomic E-state index is 0.0194. The van der Waals surface area contributed by atoms with Gasteiger partial charge < -0.3 is 14.8 Å². The first kappa shape index (κ1) is 20.7. The summed E-state index contributed by atoms with van der Waals surface area (Å²) in [6.45, 7) is 10.0. The number of nitrogens with one attached hydrogen (secondary N) is 1. The van der Waals surface area contributed by atoms with Crippen molar-refractivity contribution >= 4 is 16.9 Å². The smallest absolute Gasteiger partial charge is 0.243 e. The molecule has 0 radical (unpaired) electrons. The van der Waals surface area contributed by atoms with E-state index in [4.69, 9.17) is 0 Å². The molecule has 1 saturated heterocycles. The summed E-state index contributed by atoms with van der Waals surface area (Å²) in [6.07, 6.45) is 4.87. The zero-order valence-corrected chi connectivity index (χ0v) is 16.9. The lowest BCUT2D eigenvalue weighted by Crippen LogP contribution is -2.38. The van der Waals surface area contributed by atoms with Gasteiger partial charge in [0.25, 0.3) is 0 Å². The summed E-state index contributed by atoms with van der Waals surface area (Å²) in [6, 6.07) is 1.65. The van der Waals surface area contributed by atoms with E-state index >= 15 is 0 Å². The van der Waals surface area contributed by atoms with Gasteiger partial charge in [-0.1, -0.05) is 20.8 Å². The highest BCUT2D eigenvalue weighted by Gasteiger charge is 2.26. The van der Waals surface area contributed by atoms with Gasteiger partial charge in [-0.15, -0.1) is 0 Å². The Morgan fingerprint density at radius 3 is 2.61 bits per heavy atom. The summed E-state index contributed by atoms with van der Waals surface area (Å²) >= 11 is 0. The summed E-state index contributed by atoms with van der Waals surface area (Å²) in [5, 5.41) is 3.01. The van der Waals surface area contributed by atoms with Gasteiger partial charge in [0.15, 0.2) is 11.6 Å². The first-order chi connectivity index (χ1) is 13.4. The standard InChI is InChI=1S/C21H30F2N4O/c1-14(2)20(27-13-25-18-11-16(22)17(23)12-19(18)27)21(28)24-7-4-8-26-9-5-15(3)6-10-26/h11-15,20H,4-10H2,1-3H3,(H,24,28)/t20-/m1/s1. The molecule has 1 amide bonds. The van der Waals surface area contributed by atoms with Crippen LogP contribution in [0.2, 0.25) is 0 Å². The number of amides is 1. The second-order valence-corrected chi connectivity index (χ2v) is 8.26. The molecule has 0 aliphatic carbocycles. The number of fused-ring (bicyclic) bond motifs is 1. The van der Waals surface area contributed by atoms with Crippen LogP contribution in [0, 0.1) is 23.5 Å². The van der Waals surface area contributed by atoms with Crippen molar-refractivity contribution in [2.75, 3.05) is 26.2 Å². The van der Waals surface area contributed by atoms with Crippen molar-refractivity contribution in [2.45, 2.75) is 46.1 Å². The molecule has 5 nitrogen and oxygen atoms in total. The third-order valence-electron chi connectivity index (χ3n) is 5.64. The zero-order valence-electron chi connectivity index (χ0n) is 16.9. The number of piperidine rings is 1. The predicted octanol–water partition coefficient (Wildman–Crippen LogP) is 3.75. The zero-order chi connectivity index (χ0) is 20.3. The van der Waals surface area contributed by atoms with Gasteiger partial charge >= 0.3 is 0 Å². The van der Waals surface area contributed by atoms with Crippen molar-refractivity contribution in [2.24, 2.45) is 11.8 Å². The van der Waals surface area contributed by atoms with Crippen molar-refractivity contribution < 1.29 is 13.6 Å². The predicted molar refractivity (Wildman–Crippen MR) is 106 cm³/mol. The number of hydrogen-bond donors (Lipinski definition) is 1. The number of benzene rings is 1. The minimum Gasteiger partial charge on any atom is -0.354 e. The van der Waals surface area contributed by atoms with Crippen LogP contribution in [0.25, 0.3) is 11.0 Å². The van der Waals surface area contributed by atoms with E-state index in [1.807, 2.05) is 13.8 Å². The lowest BCUT2D eigenvalue weighted by atomic mass is 9.99. The topological polar surface area (TPSA) is 50.2 Å². The number of nitrogens with zero attached hydrogens (tertiary/aromatic N) is 3. The van der Waals surface area contributed by atoms with Crippen LogP contribution in [-0.2, 0) is 4.79 Å². The van der Waals surface area contributed by atoms with Crippen LogP contribution >= 0.6 is 0 Å². The van der Waals surface area contributed by atoms with Crippen LogP contribution in [0.5, 0.6) is 0 Å². The third-order valence-corrected chi connectivity index (χ3v) is 5.64. The number of carbonyl (C=O) groups is 1. The summed E-state index contributed by atoms with van der Waals surface area (Å²) < 4.78 is 28.8. The number of likely N-dealkylation sites (tertiary alicyclic amines) is 1. The Balaban J connectivity index is 1.61. The Hall–Kier alpha value is -2.02. The van der Waals surface area contributed by atoms with Gasteiger partial charge in [0.2, 0.25) is 5.91 Å². The van der Waals surface area contributed by atoms with Gasteiger partial charge in [-0.2, -0.15) is 0 Å². The highest BCUT2D eigenvalue weighted by molar-refractivity contribution is 5.84. The van der Waals surface area contributed by atoms with E-state index in [0.717, 1.165) is 44.1 Å². The van der Waals surface area contributed by atoms with Crippen LogP contribution in [0.1, 0.15) is 46.1 Å². The molecule has 1 aromatic carbocycles. The van der Waals surface area contributed by atoms with Crippen molar-refractivity contribution in [3.05, 3.63) is 30.1 Å². The molecule has 1 atom stereocenters. The Labute approximate surface area is 165 Å². The summed E-state index contributed by atoms with van der Waals surface area (Å²) in [5.41, 5.74) is 0.770. The molecule has 0 bridgehead atoms. The molecule has 1 fully saturated rings. The highest BCUT2D eigenvalue weighted by atomic mass is 19.2. The molecule has 3 rings (SSSR count). The molecule has 7 heteroatoms. The molecule has 1 aliphatic rings. The van der Waals surface area contributed by atoms with Gasteiger partial charge in [0.05, 0.1) is 17.4 Å². The highest BCUT2D eigenvalue weighted by Crippen LogP contribution is 2.25. The monoisotopic (exact) mass is 392 g/mol. The van der Waals surface area contributed by atoms with E-state index in [-0.39, 0.29) is 11.8 Å². The second kappa shape index (κ2) is 8.99. The molecular formula is C21H30F2N4O. The van der Waals surface area contributed by atoms with Gasteiger partial charge in [-0.05, 0) is 50.7 Å². The number of hydrogen-bond acceptors (Lipinski definition) is 3. The summed E-state index contributed by atoms with van der Waals surface area (Å²) in [5.74, 6) is -1.20. The van der Waals surface area contributed by atoms with Crippen LogP contribution in [0.15, 0.2) is 18.5 Å². The molecule has 0 saturated carbocycles. The lowest BCUT2D eigenvalue weighted by Gasteiger charge is -2.30. The Kier molecular flexibility index (Phi) is 6.65. The fourth-order valence-corrected chi connectivity index (χ4v) is 3.90. The molecule has 154 valence electrons. The maximum Gasteiger partial charge on any atom is 0.243 e. The fourth-order valence-electron chi connectivity index (χ4n) is 3.90. The van der Waals surface area contributed by atoms with Gasteiger partial charge in [0, 0.05) is 18.7 Å². The van der Waals surface area contributed by atoms with Crippen molar-refractivity contribution in [3.8, 4) is 0 Å². The molecule has 1 N–H and O–H groups in total. The lowest BCUT2D eigenvalue weighted by molar-refractivity contribution is -0.125. The van der Waals surface area contributed by atoms with E-state index in [0.29, 0.717) is 17.6 Å². The first-order valence-electron chi connectivity index (χ1n) is 10.2. The van der Waals surface area contributed by atoms with E-state index in [9.17, 15) is 13.6 Å². The normalized spacial score (nSPS) is 17.4. The Morgan fingerprint density at radius 2 is 1.93 bits per heavy atom. The van der Waals surface area contributed by atoms with Crippen molar-refractivity contribution in [1.29, 1.82) is 0 Å². The van der Waals surface area contributed by atoms with Crippen LogP contribution in [0.3, 0.4) is 0 Å². The maximum atomic E-state index is 13.7. The number of halogens is 2. The van der Waals surface area contributed by atoms with E-state index < -0.39 is 17.7 Å². The second-order valence-electron chi connectivity index (χ2n) is 8.26. The molecule has 2 heterocycles. The number of carbonyl (C=O) groups excluding carboxylic acids is 1. The molecular weight excluding hydrogens is 362 g/mol. The molecule has 2 aromatic rings. The fraction of sp³-hybridized carbons (Fsp3) is 0.619. The van der Waals surface area contributed by atoms with E-state index in [2.05, 4.69) is 22.1 Å². The van der Waals surface area contributed by atoms with E-state index in [1.54, 1.807) is 4.57 Å². The Bertz CT molecular complexity index is 812. The average molecular weight is 392 g/mol. The minimum atomic E-state index is -0.937. The van der Waals surface area contributed by atoms with Gasteiger partial charge in [-0.3, -0.25) is 4.79 Å². The van der Waals surface area contributed by atoms with E-state index in [1.165, 1.54) is 19.2 Å². The number of imidazole rings is 1. The largest absolute Gasteiger partial charge is 0.354 e. The average Bonchev–Trinajstić information content (AvgIpc) is 3.03. The molecule has 28 heavy (non-hydrogen) atoms. The molecule has 1 aliphatic heterocycles. The van der Waals surface area contributed by atoms with Crippen molar-refractivity contribution in [3.63, 3.8) is 0 Å². The first-order valence-corrected chi connectivity index (χ1v) is 10.2. The SMILES string of the molecule is CC1CCN(CCCNC(=O)[C@@H](C(C)C)n2cnc3cc(F)c(F)cc32)CC1. The molecule has 0 spiro atoms.